The molecule has 7 nitrogen and oxygen atoms in total. The molecule has 1 aromatic heterocycles. The second-order valence-electron chi connectivity index (χ2n) is 10.8. The Morgan fingerprint density at radius 3 is 2.33 bits per heavy atom. The highest BCUT2D eigenvalue weighted by Gasteiger charge is 2.32. The van der Waals surface area contributed by atoms with Gasteiger partial charge >= 0.3 is 6.18 Å². The summed E-state index contributed by atoms with van der Waals surface area (Å²) in [6, 6.07) is 15.8. The number of imidazole rings is 1. The zero-order valence-corrected chi connectivity index (χ0v) is 24.5. The molecule has 2 amide bonds. The van der Waals surface area contributed by atoms with Gasteiger partial charge in [0.05, 0.1) is 28.2 Å². The number of aromatic nitrogens is 2. The number of alkyl halides is 3. The third-order valence-electron chi connectivity index (χ3n) is 7.97. The van der Waals surface area contributed by atoms with E-state index in [2.05, 4.69) is 28.5 Å². The Morgan fingerprint density at radius 2 is 1.72 bits per heavy atom. The molecule has 4 aromatic rings. The van der Waals surface area contributed by atoms with Gasteiger partial charge in [-0.05, 0) is 73.2 Å². The van der Waals surface area contributed by atoms with Gasteiger partial charge in [0, 0.05) is 33.6 Å². The lowest BCUT2D eigenvalue weighted by atomic mass is 9.93. The summed E-state index contributed by atoms with van der Waals surface area (Å²) < 4.78 is 55.0. The summed E-state index contributed by atoms with van der Waals surface area (Å²) in [5.74, 6) is -1.89. The predicted octanol–water partition coefficient (Wildman–Crippen LogP) is 6.09. The molecular weight excluding hydrogens is 562 g/mol. The highest BCUT2D eigenvalue weighted by atomic mass is 19.4. The fourth-order valence-electron chi connectivity index (χ4n) is 5.09. The van der Waals surface area contributed by atoms with Gasteiger partial charge in [0.15, 0.2) is 0 Å². The molecule has 0 saturated carbocycles. The number of nitrogens with one attached hydrogen (secondary N) is 1. The zero-order chi connectivity index (χ0) is 31.5. The minimum Gasteiger partial charge on any atom is -0.343 e. The van der Waals surface area contributed by atoms with Crippen molar-refractivity contribution in [2.45, 2.75) is 45.3 Å². The molecule has 0 aliphatic heterocycles. The predicted molar refractivity (Wildman–Crippen MR) is 159 cm³/mol. The molecule has 0 radical (unpaired) electrons. The number of carbonyl (C=O) groups excluding carboxylic acids is 2. The van der Waals surface area contributed by atoms with Crippen molar-refractivity contribution >= 4 is 28.5 Å². The lowest BCUT2D eigenvalue weighted by molar-refractivity contribution is -0.137. The number of aryl methyl sites for hydroxylation is 3. The summed E-state index contributed by atoms with van der Waals surface area (Å²) in [4.78, 5) is 31.4. The number of hydrogen-bond acceptors (Lipinski definition) is 4. The zero-order valence-electron chi connectivity index (χ0n) is 24.5. The monoisotopic (exact) mass is 597 g/mol. The van der Waals surface area contributed by atoms with Gasteiger partial charge < -0.3 is 20.5 Å². The smallest absolute Gasteiger partial charge is 0.343 e. The van der Waals surface area contributed by atoms with Gasteiger partial charge in [-0.25, -0.2) is 9.37 Å². The SMILES string of the molecule is CC(=O)N(C)[C@@H](CCc1ccc(-c2ccc3c(c2)nc(C)n3C)cc1)CC(CN)C(=O)Nc1ccc(C(F)(F)F)cc1F. The van der Waals surface area contributed by atoms with Crippen molar-refractivity contribution < 1.29 is 27.2 Å². The van der Waals surface area contributed by atoms with Crippen LogP contribution in [0.5, 0.6) is 0 Å². The van der Waals surface area contributed by atoms with Crippen LogP contribution in [0.15, 0.2) is 60.7 Å². The van der Waals surface area contributed by atoms with E-state index in [9.17, 15) is 27.2 Å². The first-order valence-corrected chi connectivity index (χ1v) is 13.9. The summed E-state index contributed by atoms with van der Waals surface area (Å²) in [7, 11) is 3.63. The molecule has 2 atom stereocenters. The third kappa shape index (κ3) is 7.40. The van der Waals surface area contributed by atoms with E-state index in [4.69, 9.17) is 5.73 Å². The van der Waals surface area contributed by atoms with Gasteiger partial charge in [-0.1, -0.05) is 30.3 Å². The molecule has 1 heterocycles. The Morgan fingerprint density at radius 1 is 1.05 bits per heavy atom. The molecule has 0 fully saturated rings. The van der Waals surface area contributed by atoms with Gasteiger partial charge in [-0.3, -0.25) is 9.59 Å². The second kappa shape index (κ2) is 12.9. The lowest BCUT2D eigenvalue weighted by Gasteiger charge is -2.30. The van der Waals surface area contributed by atoms with Crippen LogP contribution in [0.3, 0.4) is 0 Å². The molecule has 43 heavy (non-hydrogen) atoms. The topological polar surface area (TPSA) is 93.2 Å². The third-order valence-corrected chi connectivity index (χ3v) is 7.97. The molecule has 0 aliphatic rings. The average molecular weight is 598 g/mol. The summed E-state index contributed by atoms with van der Waals surface area (Å²) >= 11 is 0. The number of anilines is 1. The Kier molecular flexibility index (Phi) is 9.54. The molecular formula is C32H35F4N5O2. The molecule has 3 aromatic carbocycles. The largest absolute Gasteiger partial charge is 0.416 e. The van der Waals surface area contributed by atoms with Crippen molar-refractivity contribution in [2.24, 2.45) is 18.7 Å². The highest BCUT2D eigenvalue weighted by molar-refractivity contribution is 5.93. The summed E-state index contributed by atoms with van der Waals surface area (Å²) in [5.41, 5.74) is 9.48. The van der Waals surface area contributed by atoms with Crippen LogP contribution in [0.1, 0.15) is 36.7 Å². The Bertz CT molecular complexity index is 1610. The Balaban J connectivity index is 1.43. The average Bonchev–Trinajstić information content (AvgIpc) is 3.25. The molecule has 0 spiro atoms. The lowest BCUT2D eigenvalue weighted by Crippen LogP contribution is -2.41. The number of rotatable bonds is 10. The van der Waals surface area contributed by atoms with Crippen LogP contribution >= 0.6 is 0 Å². The van der Waals surface area contributed by atoms with Crippen molar-refractivity contribution in [2.75, 3.05) is 18.9 Å². The molecule has 11 heteroatoms. The van der Waals surface area contributed by atoms with Gasteiger partial charge in [0.2, 0.25) is 11.8 Å². The van der Waals surface area contributed by atoms with Gasteiger partial charge in [-0.15, -0.1) is 0 Å². The maximum atomic E-state index is 14.3. The number of carbonyl (C=O) groups is 2. The first-order valence-electron chi connectivity index (χ1n) is 13.9. The maximum absolute atomic E-state index is 14.3. The molecule has 4 rings (SSSR count). The molecule has 1 unspecified atom stereocenters. The molecule has 3 N–H and O–H groups in total. The van der Waals surface area contributed by atoms with Crippen LogP contribution in [0.4, 0.5) is 23.2 Å². The minimum absolute atomic E-state index is 0.0921. The van der Waals surface area contributed by atoms with E-state index in [0.29, 0.717) is 25.0 Å². The van der Waals surface area contributed by atoms with Gasteiger partial charge in [0.1, 0.15) is 11.6 Å². The van der Waals surface area contributed by atoms with Crippen molar-refractivity contribution in [3.05, 3.63) is 83.4 Å². The van der Waals surface area contributed by atoms with Crippen molar-refractivity contribution in [1.29, 1.82) is 0 Å². The fraction of sp³-hybridized carbons (Fsp3) is 0.344. The van der Waals surface area contributed by atoms with Crippen LogP contribution in [-0.4, -0.2) is 45.9 Å². The van der Waals surface area contributed by atoms with E-state index in [-0.39, 0.29) is 30.6 Å². The first kappa shape index (κ1) is 31.7. The van der Waals surface area contributed by atoms with Crippen molar-refractivity contribution in [3.8, 4) is 11.1 Å². The van der Waals surface area contributed by atoms with Gasteiger partial charge in [0.25, 0.3) is 0 Å². The van der Waals surface area contributed by atoms with Crippen LogP contribution in [0, 0.1) is 18.7 Å². The second-order valence-corrected chi connectivity index (χ2v) is 10.8. The van der Waals surface area contributed by atoms with E-state index < -0.39 is 29.4 Å². The van der Waals surface area contributed by atoms with Gasteiger partial charge in [-0.2, -0.15) is 13.2 Å². The van der Waals surface area contributed by atoms with Crippen molar-refractivity contribution in [1.82, 2.24) is 14.5 Å². The summed E-state index contributed by atoms with van der Waals surface area (Å²) in [6.45, 7) is 3.30. The van der Waals surface area contributed by atoms with Crippen LogP contribution in [0.25, 0.3) is 22.2 Å². The van der Waals surface area contributed by atoms with E-state index in [1.54, 1.807) is 11.9 Å². The standard InChI is InChI=1S/C32H35F4N5O2/c1-19-38-29-16-23(10-14-30(29)40(19)3)22-8-5-21(6-9-22)7-12-26(41(4)20(2)42)15-24(18-37)31(43)39-28-13-11-25(17-27(28)33)32(34,35)36/h5-6,8-11,13-14,16-17,24,26H,7,12,15,18,37H2,1-4H3,(H,39,43)/t24?,26-/m0/s1. The van der Waals surface area contributed by atoms with E-state index >= 15 is 0 Å². The van der Waals surface area contributed by atoms with Crippen molar-refractivity contribution in [3.63, 3.8) is 0 Å². The molecule has 0 saturated heterocycles. The maximum Gasteiger partial charge on any atom is 0.416 e. The molecule has 0 bridgehead atoms. The van der Waals surface area contributed by atoms with E-state index in [0.717, 1.165) is 39.6 Å². The summed E-state index contributed by atoms with van der Waals surface area (Å²) in [5, 5.41) is 2.35. The number of fused-ring (bicyclic) bond motifs is 1. The van der Waals surface area contributed by atoms with Crippen LogP contribution in [-0.2, 0) is 29.2 Å². The number of halogens is 4. The quantitative estimate of drug-likeness (QED) is 0.217. The Hall–Kier alpha value is -4.25. The highest BCUT2D eigenvalue weighted by Crippen LogP contribution is 2.32. The minimum atomic E-state index is -4.71. The molecule has 228 valence electrons. The summed E-state index contributed by atoms with van der Waals surface area (Å²) in [6.07, 6.45) is -3.36. The Labute approximate surface area is 247 Å². The first-order chi connectivity index (χ1) is 20.3. The van der Waals surface area contributed by atoms with Crippen LogP contribution < -0.4 is 11.1 Å². The number of amides is 2. The molecule has 0 aliphatic carbocycles. The number of hydrogen-bond donors (Lipinski definition) is 2. The fourth-order valence-corrected chi connectivity index (χ4v) is 5.09. The number of benzene rings is 3. The number of nitrogens with two attached hydrogens (primary N) is 1. The normalized spacial score (nSPS) is 13.1. The van der Waals surface area contributed by atoms with Crippen LogP contribution in [0.2, 0.25) is 0 Å². The van der Waals surface area contributed by atoms with E-state index in [1.165, 1.54) is 6.92 Å². The number of nitrogens with zero attached hydrogens (tertiary/aromatic N) is 3. The van der Waals surface area contributed by atoms with E-state index in [1.807, 2.05) is 42.8 Å².